The first-order chi connectivity index (χ1) is 7.52. The van der Waals surface area contributed by atoms with Gasteiger partial charge in [-0.05, 0) is 26.7 Å². The summed E-state index contributed by atoms with van der Waals surface area (Å²) in [4.78, 5) is 21.4. The van der Waals surface area contributed by atoms with Gasteiger partial charge in [-0.15, -0.1) is 0 Å². The zero-order chi connectivity index (χ0) is 12.4. The molecule has 1 amide bonds. The smallest absolute Gasteiger partial charge is 0.303 e. The Bertz CT molecular complexity index is 216. The number of carbonyl (C=O) groups is 2. The lowest BCUT2D eigenvalue weighted by molar-refractivity contribution is -0.137. The van der Waals surface area contributed by atoms with Crippen LogP contribution in [0.15, 0.2) is 0 Å². The predicted molar refractivity (Wildman–Crippen MR) is 60.2 cm³/mol. The minimum absolute atomic E-state index is 0.0438. The molecule has 0 spiro atoms. The number of hydrogen-bond donors (Lipinski definition) is 2. The fourth-order valence-corrected chi connectivity index (χ4v) is 1.11. The maximum absolute atomic E-state index is 11.2. The van der Waals surface area contributed by atoms with Crippen molar-refractivity contribution in [1.82, 2.24) is 5.32 Å². The number of carboxylic acid groups (broad SMARTS) is 1. The van der Waals surface area contributed by atoms with Gasteiger partial charge < -0.3 is 15.2 Å². The standard InChI is InChI=1S/C11H21NO4/c1-9(2)16-8-4-5-10(13)12-7-3-6-11(14)15/h9H,3-8H2,1-2H3,(H,12,13)(H,14,15). The number of carboxylic acids is 1. The molecule has 0 bridgehead atoms. The molecule has 5 nitrogen and oxygen atoms in total. The van der Waals surface area contributed by atoms with Crippen LogP contribution in [0.3, 0.4) is 0 Å². The molecule has 0 unspecified atom stereocenters. The monoisotopic (exact) mass is 231 g/mol. The highest BCUT2D eigenvalue weighted by atomic mass is 16.5. The predicted octanol–water partition coefficient (Wildman–Crippen LogP) is 1.17. The third kappa shape index (κ3) is 11.0. The minimum atomic E-state index is -0.834. The van der Waals surface area contributed by atoms with Crippen LogP contribution >= 0.6 is 0 Å². The number of nitrogens with one attached hydrogen (secondary N) is 1. The van der Waals surface area contributed by atoms with Gasteiger partial charge in [0, 0.05) is 26.0 Å². The molecule has 0 radical (unpaired) electrons. The highest BCUT2D eigenvalue weighted by molar-refractivity contribution is 5.75. The van der Waals surface area contributed by atoms with Crippen molar-refractivity contribution in [3.8, 4) is 0 Å². The fraction of sp³-hybridized carbons (Fsp3) is 0.818. The highest BCUT2D eigenvalue weighted by Crippen LogP contribution is 1.95. The van der Waals surface area contributed by atoms with Crippen molar-refractivity contribution in [2.45, 2.75) is 45.6 Å². The van der Waals surface area contributed by atoms with E-state index in [9.17, 15) is 9.59 Å². The van der Waals surface area contributed by atoms with Crippen molar-refractivity contribution < 1.29 is 19.4 Å². The average Bonchev–Trinajstić information content (AvgIpc) is 2.19. The molecular formula is C11H21NO4. The molecule has 0 aromatic carbocycles. The second-order valence-electron chi connectivity index (χ2n) is 3.87. The van der Waals surface area contributed by atoms with E-state index in [0.29, 0.717) is 32.4 Å². The molecule has 5 heteroatoms. The first-order valence-electron chi connectivity index (χ1n) is 5.62. The number of hydrogen-bond acceptors (Lipinski definition) is 3. The molecule has 0 atom stereocenters. The normalized spacial score (nSPS) is 10.4. The first kappa shape index (κ1) is 14.9. The van der Waals surface area contributed by atoms with Gasteiger partial charge in [0.1, 0.15) is 0 Å². The number of aliphatic carboxylic acids is 1. The Morgan fingerprint density at radius 2 is 1.94 bits per heavy atom. The van der Waals surface area contributed by atoms with E-state index in [0.717, 1.165) is 0 Å². The molecule has 0 rings (SSSR count). The van der Waals surface area contributed by atoms with E-state index in [1.807, 2.05) is 13.8 Å². The van der Waals surface area contributed by atoms with Crippen molar-refractivity contribution in [3.63, 3.8) is 0 Å². The summed E-state index contributed by atoms with van der Waals surface area (Å²) in [6.07, 6.45) is 1.89. The molecule has 0 aliphatic carbocycles. The van der Waals surface area contributed by atoms with Crippen LogP contribution in [0.4, 0.5) is 0 Å². The van der Waals surface area contributed by atoms with E-state index in [4.69, 9.17) is 9.84 Å². The maximum atomic E-state index is 11.2. The van der Waals surface area contributed by atoms with Gasteiger partial charge in [-0.3, -0.25) is 9.59 Å². The Kier molecular flexibility index (Phi) is 8.52. The van der Waals surface area contributed by atoms with Gasteiger partial charge in [0.25, 0.3) is 0 Å². The highest BCUT2D eigenvalue weighted by Gasteiger charge is 2.02. The van der Waals surface area contributed by atoms with Crippen LogP contribution in [0.25, 0.3) is 0 Å². The summed E-state index contributed by atoms with van der Waals surface area (Å²) in [5, 5.41) is 11.0. The van der Waals surface area contributed by atoms with E-state index >= 15 is 0 Å². The third-order valence-corrected chi connectivity index (χ3v) is 1.89. The number of carbonyl (C=O) groups excluding carboxylic acids is 1. The van der Waals surface area contributed by atoms with Crippen LogP contribution in [-0.4, -0.2) is 36.2 Å². The zero-order valence-electron chi connectivity index (χ0n) is 9.99. The summed E-state index contributed by atoms with van der Waals surface area (Å²) >= 11 is 0. The lowest BCUT2D eigenvalue weighted by atomic mass is 10.3. The number of amides is 1. The van der Waals surface area contributed by atoms with E-state index in [1.165, 1.54) is 0 Å². The Hall–Kier alpha value is -1.10. The van der Waals surface area contributed by atoms with Crippen LogP contribution in [0.1, 0.15) is 39.5 Å². The number of rotatable bonds is 9. The van der Waals surface area contributed by atoms with Gasteiger partial charge in [0.15, 0.2) is 0 Å². The molecular weight excluding hydrogens is 210 g/mol. The lowest BCUT2D eigenvalue weighted by Crippen LogP contribution is -2.25. The van der Waals surface area contributed by atoms with Gasteiger partial charge >= 0.3 is 5.97 Å². The van der Waals surface area contributed by atoms with Crippen molar-refractivity contribution in [2.75, 3.05) is 13.2 Å². The quantitative estimate of drug-likeness (QED) is 0.584. The van der Waals surface area contributed by atoms with Crippen LogP contribution in [-0.2, 0) is 14.3 Å². The van der Waals surface area contributed by atoms with Gasteiger partial charge in [0.05, 0.1) is 6.10 Å². The summed E-state index contributed by atoms with van der Waals surface area (Å²) in [5.41, 5.74) is 0. The topological polar surface area (TPSA) is 75.6 Å². The molecule has 0 aromatic rings. The SMILES string of the molecule is CC(C)OCCCC(=O)NCCCC(=O)O. The molecule has 16 heavy (non-hydrogen) atoms. The van der Waals surface area contributed by atoms with Gasteiger partial charge in [0.2, 0.25) is 5.91 Å². The van der Waals surface area contributed by atoms with E-state index in [2.05, 4.69) is 5.32 Å². The second-order valence-corrected chi connectivity index (χ2v) is 3.87. The van der Waals surface area contributed by atoms with Crippen LogP contribution in [0.2, 0.25) is 0 Å². The first-order valence-corrected chi connectivity index (χ1v) is 5.62. The summed E-state index contributed by atoms with van der Waals surface area (Å²) < 4.78 is 5.29. The summed E-state index contributed by atoms with van der Waals surface area (Å²) in [5.74, 6) is -0.877. The lowest BCUT2D eigenvalue weighted by Gasteiger charge is -2.07. The minimum Gasteiger partial charge on any atom is -0.481 e. The molecule has 0 aromatic heterocycles. The molecule has 0 saturated heterocycles. The van der Waals surface area contributed by atoms with Crippen molar-refractivity contribution >= 4 is 11.9 Å². The van der Waals surface area contributed by atoms with Gasteiger partial charge in [-0.2, -0.15) is 0 Å². The van der Waals surface area contributed by atoms with Crippen LogP contribution < -0.4 is 5.32 Å². The zero-order valence-corrected chi connectivity index (χ0v) is 9.99. The third-order valence-electron chi connectivity index (χ3n) is 1.89. The summed E-state index contributed by atoms with van der Waals surface area (Å²) in [6.45, 7) is 4.91. The van der Waals surface area contributed by atoms with Gasteiger partial charge in [-0.25, -0.2) is 0 Å². The summed E-state index contributed by atoms with van der Waals surface area (Å²) in [6, 6.07) is 0. The Morgan fingerprint density at radius 3 is 2.50 bits per heavy atom. The molecule has 94 valence electrons. The Balaban J connectivity index is 3.28. The van der Waals surface area contributed by atoms with Crippen molar-refractivity contribution in [1.29, 1.82) is 0 Å². The van der Waals surface area contributed by atoms with E-state index < -0.39 is 5.97 Å². The number of ether oxygens (including phenoxy) is 1. The van der Waals surface area contributed by atoms with E-state index in [-0.39, 0.29) is 18.4 Å². The Labute approximate surface area is 96.2 Å². The van der Waals surface area contributed by atoms with Crippen molar-refractivity contribution in [2.24, 2.45) is 0 Å². The molecule has 0 fully saturated rings. The van der Waals surface area contributed by atoms with E-state index in [1.54, 1.807) is 0 Å². The summed E-state index contributed by atoms with van der Waals surface area (Å²) in [7, 11) is 0. The largest absolute Gasteiger partial charge is 0.481 e. The maximum Gasteiger partial charge on any atom is 0.303 e. The van der Waals surface area contributed by atoms with Crippen LogP contribution in [0, 0.1) is 0 Å². The van der Waals surface area contributed by atoms with Gasteiger partial charge in [-0.1, -0.05) is 0 Å². The van der Waals surface area contributed by atoms with Crippen LogP contribution in [0.5, 0.6) is 0 Å². The molecule has 0 aliphatic heterocycles. The fourth-order valence-electron chi connectivity index (χ4n) is 1.11. The molecule has 2 N–H and O–H groups in total. The average molecular weight is 231 g/mol. The molecule has 0 aliphatic rings. The Morgan fingerprint density at radius 1 is 1.25 bits per heavy atom. The second kappa shape index (κ2) is 9.15. The molecule has 0 saturated carbocycles. The molecule has 0 heterocycles. The van der Waals surface area contributed by atoms with Crippen molar-refractivity contribution in [3.05, 3.63) is 0 Å².